The van der Waals surface area contributed by atoms with Gasteiger partial charge in [-0.3, -0.25) is 5.32 Å². The van der Waals surface area contributed by atoms with Gasteiger partial charge in [0, 0.05) is 18.8 Å². The Morgan fingerprint density at radius 3 is 2.78 bits per heavy atom. The van der Waals surface area contributed by atoms with Crippen molar-refractivity contribution >= 4 is 11.8 Å². The second kappa shape index (κ2) is 5.24. The summed E-state index contributed by atoms with van der Waals surface area (Å²) in [5, 5.41) is 25.1. The van der Waals surface area contributed by atoms with Gasteiger partial charge in [-0.05, 0) is 43.0 Å². The van der Waals surface area contributed by atoms with Crippen molar-refractivity contribution in [3.63, 3.8) is 0 Å². The molecule has 1 aliphatic rings. The molecule has 0 aromatic carbocycles. The van der Waals surface area contributed by atoms with E-state index in [0.29, 0.717) is 17.7 Å². The number of hydrogen-bond donors (Lipinski definition) is 1. The first kappa shape index (κ1) is 13.3. The molecule has 6 nitrogen and oxygen atoms in total. The number of nitrogens with one attached hydrogen (secondary N) is 1. The molecule has 0 saturated heterocycles. The van der Waals surface area contributed by atoms with Crippen molar-refractivity contribution in [2.24, 2.45) is 13.0 Å². The van der Waals surface area contributed by atoms with Crippen LogP contribution in [0.2, 0.25) is 0 Å². The van der Waals surface area contributed by atoms with Crippen LogP contribution in [0.25, 0.3) is 0 Å². The fourth-order valence-electron chi connectivity index (χ4n) is 2.05. The smallest absolute Gasteiger partial charge is 0.209 e. The average Bonchev–Trinajstić information content (AvgIpc) is 3.09. The number of thioether (sulfide) groups is 1. The van der Waals surface area contributed by atoms with Crippen LogP contribution in [0.4, 0.5) is 0 Å². The molecule has 0 aliphatic heterocycles. The van der Waals surface area contributed by atoms with Crippen LogP contribution in [0, 0.1) is 17.2 Å². The van der Waals surface area contributed by atoms with Crippen LogP contribution in [0.3, 0.4) is 0 Å². The van der Waals surface area contributed by atoms with Gasteiger partial charge in [-0.1, -0.05) is 11.8 Å². The summed E-state index contributed by atoms with van der Waals surface area (Å²) < 4.78 is 1.63. The molecule has 1 aromatic rings. The fourth-order valence-corrected chi connectivity index (χ4v) is 3.10. The number of aromatic nitrogens is 4. The summed E-state index contributed by atoms with van der Waals surface area (Å²) in [7, 11) is 1.81. The maximum absolute atomic E-state index is 9.55. The van der Waals surface area contributed by atoms with Crippen LogP contribution in [-0.4, -0.2) is 37.5 Å². The van der Waals surface area contributed by atoms with Crippen LogP contribution in [0.5, 0.6) is 0 Å². The van der Waals surface area contributed by atoms with Crippen molar-refractivity contribution in [3.8, 4) is 6.07 Å². The molecule has 0 amide bonds. The highest BCUT2D eigenvalue weighted by molar-refractivity contribution is 7.99. The third kappa shape index (κ3) is 2.82. The van der Waals surface area contributed by atoms with Gasteiger partial charge in [0.15, 0.2) is 0 Å². The molecule has 1 fully saturated rings. The first-order valence-corrected chi connectivity index (χ1v) is 7.10. The van der Waals surface area contributed by atoms with E-state index >= 15 is 0 Å². The molecule has 1 unspecified atom stereocenters. The summed E-state index contributed by atoms with van der Waals surface area (Å²) in [4.78, 5) is 0. The molecule has 1 atom stereocenters. The molecular formula is C11H18N6S. The Hall–Kier alpha value is -1.13. The zero-order chi connectivity index (χ0) is 13.2. The largest absolute Gasteiger partial charge is 0.296 e. The SMILES string of the molecule is CC(C)NC(C#N)(CSc1nnnn1C)C1CC1. The lowest BCUT2D eigenvalue weighted by Crippen LogP contribution is -2.51. The van der Waals surface area contributed by atoms with Gasteiger partial charge in [0.1, 0.15) is 5.54 Å². The quantitative estimate of drug-likeness (QED) is 0.773. The first-order valence-electron chi connectivity index (χ1n) is 6.11. The number of tetrazole rings is 1. The molecule has 1 saturated carbocycles. The number of aryl methyl sites for hydroxylation is 1. The van der Waals surface area contributed by atoms with E-state index in [1.807, 2.05) is 7.05 Å². The summed E-state index contributed by atoms with van der Waals surface area (Å²) in [6.45, 7) is 4.14. The zero-order valence-corrected chi connectivity index (χ0v) is 11.7. The van der Waals surface area contributed by atoms with Crippen molar-refractivity contribution in [1.29, 1.82) is 5.26 Å². The first-order chi connectivity index (χ1) is 8.57. The normalized spacial score (nSPS) is 18.6. The number of rotatable bonds is 6. The van der Waals surface area contributed by atoms with Gasteiger partial charge in [0.25, 0.3) is 0 Å². The lowest BCUT2D eigenvalue weighted by atomic mass is 9.96. The highest BCUT2D eigenvalue weighted by Gasteiger charge is 2.46. The summed E-state index contributed by atoms with van der Waals surface area (Å²) in [5.41, 5.74) is -0.454. The van der Waals surface area contributed by atoms with Crippen LogP contribution < -0.4 is 5.32 Å². The monoisotopic (exact) mass is 266 g/mol. The Bertz CT molecular complexity index is 447. The lowest BCUT2D eigenvalue weighted by Gasteiger charge is -2.29. The van der Waals surface area contributed by atoms with Gasteiger partial charge < -0.3 is 0 Å². The van der Waals surface area contributed by atoms with Crippen molar-refractivity contribution < 1.29 is 0 Å². The van der Waals surface area contributed by atoms with E-state index in [2.05, 4.69) is 40.8 Å². The molecule has 18 heavy (non-hydrogen) atoms. The summed E-state index contributed by atoms with van der Waals surface area (Å²) >= 11 is 1.54. The number of nitriles is 1. The molecule has 0 radical (unpaired) electrons. The van der Waals surface area contributed by atoms with E-state index in [1.165, 1.54) is 11.8 Å². The standard InChI is InChI=1S/C11H18N6S/c1-8(2)13-11(6-12,9-4-5-9)7-18-10-14-15-16-17(10)3/h8-9,13H,4-5,7H2,1-3H3. The third-order valence-corrected chi connectivity index (χ3v) is 4.23. The Balaban J connectivity index is 2.06. The zero-order valence-electron chi connectivity index (χ0n) is 10.9. The van der Waals surface area contributed by atoms with Crippen LogP contribution in [0.15, 0.2) is 5.16 Å². The Morgan fingerprint density at radius 2 is 2.33 bits per heavy atom. The van der Waals surface area contributed by atoms with Gasteiger partial charge in [0.2, 0.25) is 5.16 Å². The molecule has 2 rings (SSSR count). The molecule has 0 spiro atoms. The summed E-state index contributed by atoms with van der Waals surface area (Å²) in [5.74, 6) is 1.14. The molecule has 1 N–H and O–H groups in total. The van der Waals surface area contributed by atoms with Crippen molar-refractivity contribution in [2.75, 3.05) is 5.75 Å². The van der Waals surface area contributed by atoms with Crippen molar-refractivity contribution in [3.05, 3.63) is 0 Å². The topological polar surface area (TPSA) is 79.4 Å². The van der Waals surface area contributed by atoms with Gasteiger partial charge in [-0.25, -0.2) is 4.68 Å². The molecule has 0 bridgehead atoms. The second-order valence-corrected chi connectivity index (χ2v) is 5.97. The highest BCUT2D eigenvalue weighted by atomic mass is 32.2. The van der Waals surface area contributed by atoms with Gasteiger partial charge in [0.05, 0.1) is 6.07 Å². The fraction of sp³-hybridized carbons (Fsp3) is 0.818. The maximum Gasteiger partial charge on any atom is 0.209 e. The van der Waals surface area contributed by atoms with E-state index in [1.54, 1.807) is 4.68 Å². The van der Waals surface area contributed by atoms with E-state index in [9.17, 15) is 5.26 Å². The lowest BCUT2D eigenvalue weighted by molar-refractivity contribution is 0.370. The van der Waals surface area contributed by atoms with Crippen LogP contribution in [0.1, 0.15) is 26.7 Å². The van der Waals surface area contributed by atoms with E-state index in [0.717, 1.165) is 18.0 Å². The third-order valence-electron chi connectivity index (χ3n) is 3.03. The second-order valence-electron chi connectivity index (χ2n) is 5.03. The molecule has 7 heteroatoms. The van der Waals surface area contributed by atoms with Gasteiger partial charge >= 0.3 is 0 Å². The predicted molar refractivity (Wildman–Crippen MR) is 68.9 cm³/mol. The van der Waals surface area contributed by atoms with Crippen LogP contribution >= 0.6 is 11.8 Å². The number of hydrogen-bond acceptors (Lipinski definition) is 6. The Kier molecular flexibility index (Phi) is 3.88. The predicted octanol–water partition coefficient (Wildman–Crippen LogP) is 0.973. The molecule has 1 heterocycles. The summed E-state index contributed by atoms with van der Waals surface area (Å²) in [6, 6.07) is 2.78. The molecule has 98 valence electrons. The van der Waals surface area contributed by atoms with E-state index in [4.69, 9.17) is 0 Å². The molecule has 1 aliphatic carbocycles. The minimum Gasteiger partial charge on any atom is -0.296 e. The van der Waals surface area contributed by atoms with Gasteiger partial charge in [-0.2, -0.15) is 5.26 Å². The summed E-state index contributed by atoms with van der Waals surface area (Å²) in [6.07, 6.45) is 2.26. The Morgan fingerprint density at radius 1 is 1.61 bits per heavy atom. The van der Waals surface area contributed by atoms with Crippen molar-refractivity contribution in [2.45, 2.75) is 43.4 Å². The molecular weight excluding hydrogens is 248 g/mol. The van der Waals surface area contributed by atoms with Crippen LogP contribution in [-0.2, 0) is 7.05 Å². The highest BCUT2D eigenvalue weighted by Crippen LogP contribution is 2.42. The minimum atomic E-state index is -0.454. The van der Waals surface area contributed by atoms with E-state index in [-0.39, 0.29) is 0 Å². The Labute approximate surface area is 111 Å². The van der Waals surface area contributed by atoms with E-state index < -0.39 is 5.54 Å². The molecule has 1 aromatic heterocycles. The average molecular weight is 266 g/mol. The maximum atomic E-state index is 9.55. The van der Waals surface area contributed by atoms with Gasteiger partial charge in [-0.15, -0.1) is 5.10 Å². The number of nitrogens with zero attached hydrogens (tertiary/aromatic N) is 5. The minimum absolute atomic E-state index is 0.295. The van der Waals surface area contributed by atoms with Crippen molar-refractivity contribution in [1.82, 2.24) is 25.5 Å².